The van der Waals surface area contributed by atoms with Crippen molar-refractivity contribution >= 4 is 44.7 Å². The molecule has 0 radical (unpaired) electrons. The van der Waals surface area contributed by atoms with Crippen molar-refractivity contribution in [3.05, 3.63) is 90.1 Å². The molecule has 7 nitrogen and oxygen atoms in total. The lowest BCUT2D eigenvalue weighted by Gasteiger charge is -2.24. The summed E-state index contributed by atoms with van der Waals surface area (Å²) in [6.07, 6.45) is 5.39. The molecule has 1 aromatic heterocycles. The smallest absolute Gasteiger partial charge is 0.266 e. The van der Waals surface area contributed by atoms with E-state index in [4.69, 9.17) is 11.6 Å². The zero-order valence-electron chi connectivity index (χ0n) is 18.5. The second kappa shape index (κ2) is 10.3. The van der Waals surface area contributed by atoms with E-state index in [9.17, 15) is 13.2 Å². The van der Waals surface area contributed by atoms with Crippen LogP contribution in [0.1, 0.15) is 23.2 Å². The summed E-state index contributed by atoms with van der Waals surface area (Å²) in [5, 5.41) is 2.80. The normalized spacial score (nSPS) is 13.5. The third-order valence-electron chi connectivity index (χ3n) is 5.54. The van der Waals surface area contributed by atoms with Gasteiger partial charge in [-0.3, -0.25) is 9.10 Å². The highest BCUT2D eigenvalue weighted by Gasteiger charge is 2.27. The summed E-state index contributed by atoms with van der Waals surface area (Å²) in [5.74, 6) is 0.414. The maximum Gasteiger partial charge on any atom is 0.266 e. The van der Waals surface area contributed by atoms with Crippen molar-refractivity contribution in [2.75, 3.05) is 34.2 Å². The van der Waals surface area contributed by atoms with E-state index >= 15 is 0 Å². The molecule has 1 saturated heterocycles. The van der Waals surface area contributed by atoms with E-state index in [-0.39, 0.29) is 22.0 Å². The van der Waals surface area contributed by atoms with Crippen LogP contribution in [-0.2, 0) is 10.0 Å². The van der Waals surface area contributed by atoms with E-state index in [0.29, 0.717) is 11.4 Å². The molecule has 1 aliphatic heterocycles. The number of carbonyl (C=O) groups is 1. The van der Waals surface area contributed by atoms with Crippen molar-refractivity contribution in [1.29, 1.82) is 0 Å². The standard InChI is InChI=1S/C25H25ClN4O3S/c1-2-14-30(21-8-4-3-5-9-21)34(32,33)23-17-19(10-12-22(23)26)25(31)28-20-11-13-24(27-18-20)29-15-6-7-16-29/h2-5,8-13,17-18H,1,6-7,14-16H2,(H,28,31). The van der Waals surface area contributed by atoms with Gasteiger partial charge in [0.05, 0.1) is 29.1 Å². The number of hydrogen-bond donors (Lipinski definition) is 1. The monoisotopic (exact) mass is 496 g/mol. The first-order valence-corrected chi connectivity index (χ1v) is 12.7. The number of nitrogens with one attached hydrogen (secondary N) is 1. The number of anilines is 3. The minimum absolute atomic E-state index is 0.0261. The van der Waals surface area contributed by atoms with Gasteiger partial charge in [0.2, 0.25) is 0 Å². The summed E-state index contributed by atoms with van der Waals surface area (Å²) in [5.41, 5.74) is 1.15. The quantitative estimate of drug-likeness (QED) is 0.445. The number of rotatable bonds is 8. The molecule has 34 heavy (non-hydrogen) atoms. The number of nitrogens with zero attached hydrogens (tertiary/aromatic N) is 3. The summed E-state index contributed by atoms with van der Waals surface area (Å²) in [6, 6.07) is 16.5. The molecule has 176 valence electrons. The van der Waals surface area contributed by atoms with Crippen LogP contribution in [0.15, 0.2) is 84.4 Å². The van der Waals surface area contributed by atoms with Crippen molar-refractivity contribution in [3.63, 3.8) is 0 Å². The fourth-order valence-electron chi connectivity index (χ4n) is 3.81. The van der Waals surface area contributed by atoms with Crippen molar-refractivity contribution < 1.29 is 13.2 Å². The van der Waals surface area contributed by atoms with Crippen LogP contribution in [0.5, 0.6) is 0 Å². The molecular weight excluding hydrogens is 472 g/mol. The Labute approximate surface area is 204 Å². The molecule has 3 aromatic rings. The number of amides is 1. The van der Waals surface area contributed by atoms with Crippen molar-refractivity contribution in [1.82, 2.24) is 4.98 Å². The minimum Gasteiger partial charge on any atom is -0.357 e. The molecule has 1 N–H and O–H groups in total. The van der Waals surface area contributed by atoms with Crippen LogP contribution in [0.4, 0.5) is 17.2 Å². The highest BCUT2D eigenvalue weighted by Crippen LogP contribution is 2.30. The van der Waals surface area contributed by atoms with Gasteiger partial charge in [-0.05, 0) is 55.3 Å². The lowest BCUT2D eigenvalue weighted by atomic mass is 10.2. The number of pyridine rings is 1. The topological polar surface area (TPSA) is 82.6 Å². The van der Waals surface area contributed by atoms with Gasteiger partial charge in [-0.1, -0.05) is 35.9 Å². The number of halogens is 1. The van der Waals surface area contributed by atoms with Gasteiger partial charge in [-0.25, -0.2) is 13.4 Å². The van der Waals surface area contributed by atoms with E-state index in [1.807, 2.05) is 6.07 Å². The number of carbonyl (C=O) groups excluding carboxylic acids is 1. The SMILES string of the molecule is C=CCN(c1ccccc1)S(=O)(=O)c1cc(C(=O)Nc2ccc(N3CCCC3)nc2)ccc1Cl. The first kappa shape index (κ1) is 23.8. The summed E-state index contributed by atoms with van der Waals surface area (Å²) in [4.78, 5) is 19.4. The van der Waals surface area contributed by atoms with E-state index in [0.717, 1.165) is 31.7 Å². The third kappa shape index (κ3) is 5.08. The molecular formula is C25H25ClN4O3S. The maximum absolute atomic E-state index is 13.5. The highest BCUT2D eigenvalue weighted by molar-refractivity contribution is 7.93. The Morgan fingerprint density at radius 3 is 2.50 bits per heavy atom. The summed E-state index contributed by atoms with van der Waals surface area (Å²) in [7, 11) is -4.06. The lowest BCUT2D eigenvalue weighted by molar-refractivity contribution is 0.102. The fraction of sp³-hybridized carbons (Fsp3) is 0.200. The predicted octanol–water partition coefficient (Wildman–Crippen LogP) is 4.97. The molecule has 2 aromatic carbocycles. The van der Waals surface area contributed by atoms with Crippen molar-refractivity contribution in [2.45, 2.75) is 17.7 Å². The molecule has 9 heteroatoms. The van der Waals surface area contributed by atoms with Crippen LogP contribution >= 0.6 is 11.6 Å². The highest BCUT2D eigenvalue weighted by atomic mass is 35.5. The Morgan fingerprint density at radius 2 is 1.85 bits per heavy atom. The van der Waals surface area contributed by atoms with Crippen LogP contribution in [0.2, 0.25) is 5.02 Å². The summed E-state index contributed by atoms with van der Waals surface area (Å²) in [6.45, 7) is 5.67. The molecule has 0 atom stereocenters. The van der Waals surface area contributed by atoms with E-state index in [1.165, 1.54) is 28.6 Å². The third-order valence-corrected chi connectivity index (χ3v) is 7.81. The van der Waals surface area contributed by atoms with Gasteiger partial charge in [-0.2, -0.15) is 0 Å². The first-order chi connectivity index (χ1) is 16.4. The lowest BCUT2D eigenvalue weighted by Crippen LogP contribution is -2.31. The Kier molecular flexibility index (Phi) is 7.19. The Balaban J connectivity index is 1.58. The Bertz CT molecular complexity index is 1280. The molecule has 1 amide bonds. The molecule has 0 bridgehead atoms. The first-order valence-electron chi connectivity index (χ1n) is 10.9. The minimum atomic E-state index is -4.06. The molecule has 0 unspecified atom stereocenters. The number of hydrogen-bond acceptors (Lipinski definition) is 5. The number of para-hydroxylation sites is 1. The van der Waals surface area contributed by atoms with Crippen molar-refractivity contribution in [2.24, 2.45) is 0 Å². The average molecular weight is 497 g/mol. The van der Waals surface area contributed by atoms with E-state index in [1.54, 1.807) is 42.6 Å². The molecule has 0 spiro atoms. The van der Waals surface area contributed by atoms with Gasteiger partial charge in [0.1, 0.15) is 10.7 Å². The van der Waals surface area contributed by atoms with Crippen LogP contribution in [0, 0.1) is 0 Å². The predicted molar refractivity (Wildman–Crippen MR) is 136 cm³/mol. The fourth-order valence-corrected chi connectivity index (χ4v) is 5.75. The summed E-state index contributed by atoms with van der Waals surface area (Å²) < 4.78 is 28.2. The van der Waals surface area contributed by atoms with Gasteiger partial charge in [0.15, 0.2) is 0 Å². The maximum atomic E-state index is 13.5. The average Bonchev–Trinajstić information content (AvgIpc) is 3.38. The zero-order chi connectivity index (χ0) is 24.1. The van der Waals surface area contributed by atoms with Crippen LogP contribution in [0.3, 0.4) is 0 Å². The Hall–Kier alpha value is -3.36. The van der Waals surface area contributed by atoms with Gasteiger partial charge in [-0.15, -0.1) is 6.58 Å². The number of aromatic nitrogens is 1. The largest absolute Gasteiger partial charge is 0.357 e. The van der Waals surface area contributed by atoms with Gasteiger partial charge >= 0.3 is 0 Å². The number of sulfonamides is 1. The molecule has 0 aliphatic carbocycles. The summed E-state index contributed by atoms with van der Waals surface area (Å²) >= 11 is 6.28. The van der Waals surface area contributed by atoms with Crippen molar-refractivity contribution in [3.8, 4) is 0 Å². The molecule has 1 fully saturated rings. The second-order valence-electron chi connectivity index (χ2n) is 7.86. The van der Waals surface area contributed by atoms with E-state index in [2.05, 4.69) is 21.8 Å². The molecule has 4 rings (SSSR count). The van der Waals surface area contributed by atoms with Crippen LogP contribution in [0.25, 0.3) is 0 Å². The van der Waals surface area contributed by atoms with Crippen LogP contribution in [-0.4, -0.2) is 38.9 Å². The van der Waals surface area contributed by atoms with Gasteiger partial charge in [0, 0.05) is 18.7 Å². The zero-order valence-corrected chi connectivity index (χ0v) is 20.1. The van der Waals surface area contributed by atoms with Gasteiger partial charge < -0.3 is 10.2 Å². The van der Waals surface area contributed by atoms with Crippen LogP contribution < -0.4 is 14.5 Å². The Morgan fingerprint density at radius 1 is 1.12 bits per heavy atom. The van der Waals surface area contributed by atoms with E-state index < -0.39 is 15.9 Å². The second-order valence-corrected chi connectivity index (χ2v) is 10.1. The molecule has 2 heterocycles. The molecule has 0 saturated carbocycles. The van der Waals surface area contributed by atoms with Gasteiger partial charge in [0.25, 0.3) is 15.9 Å². The number of benzene rings is 2. The molecule has 1 aliphatic rings.